The second kappa shape index (κ2) is 10.1. The molecular weight excluding hydrogens is 431 g/mol. The molecule has 1 saturated heterocycles. The fourth-order valence-electron chi connectivity index (χ4n) is 4.42. The summed E-state index contributed by atoms with van der Waals surface area (Å²) in [4.78, 5) is 14.2. The Hall–Kier alpha value is -3.32. The molecule has 1 amide bonds. The first kappa shape index (κ1) is 22.9. The van der Waals surface area contributed by atoms with Gasteiger partial charge in [0.1, 0.15) is 12.4 Å². The first-order valence-corrected chi connectivity index (χ1v) is 10.8. The summed E-state index contributed by atoms with van der Waals surface area (Å²) in [5.41, 5.74) is 1.01. The maximum absolute atomic E-state index is 14.8. The highest BCUT2D eigenvalue weighted by Gasteiger charge is 2.40. The molecule has 1 heterocycles. The maximum Gasteiger partial charge on any atom is 0.410 e. The van der Waals surface area contributed by atoms with Crippen molar-refractivity contribution < 1.29 is 27.8 Å². The van der Waals surface area contributed by atoms with Gasteiger partial charge >= 0.3 is 6.09 Å². The molecule has 0 saturated carbocycles. The molecule has 0 radical (unpaired) electrons. The lowest BCUT2D eigenvalue weighted by Crippen LogP contribution is -2.45. The molecule has 0 aromatic heterocycles. The van der Waals surface area contributed by atoms with Crippen molar-refractivity contribution in [1.29, 1.82) is 0 Å². The first-order valence-electron chi connectivity index (χ1n) is 10.8. The summed E-state index contributed by atoms with van der Waals surface area (Å²) in [6.45, 7) is 0.432. The van der Waals surface area contributed by atoms with Crippen molar-refractivity contribution >= 4 is 6.09 Å². The third-order valence-corrected chi connectivity index (χ3v) is 6.00. The Morgan fingerprint density at radius 2 is 1.79 bits per heavy atom. The van der Waals surface area contributed by atoms with Gasteiger partial charge in [-0.15, -0.1) is 0 Å². The maximum atomic E-state index is 14.8. The van der Waals surface area contributed by atoms with Crippen LogP contribution in [0.1, 0.15) is 35.4 Å². The summed E-state index contributed by atoms with van der Waals surface area (Å²) in [6.07, 6.45) is -0.846. The number of amides is 1. The number of carbonyl (C=O) groups is 1. The number of aliphatic hydroxyl groups is 1. The summed E-state index contributed by atoms with van der Waals surface area (Å²) in [6, 6.07) is 17.6. The topological polar surface area (TPSA) is 49.8 Å². The van der Waals surface area contributed by atoms with E-state index < -0.39 is 41.6 Å². The molecule has 172 valence electrons. The van der Waals surface area contributed by atoms with Crippen LogP contribution in [0.3, 0.4) is 0 Å². The monoisotopic (exact) mass is 455 g/mol. The van der Waals surface area contributed by atoms with Gasteiger partial charge in [-0.25, -0.2) is 18.0 Å². The zero-order valence-electron chi connectivity index (χ0n) is 17.8. The second-order valence-electron chi connectivity index (χ2n) is 8.11. The zero-order valence-corrected chi connectivity index (χ0v) is 17.8. The Bertz CT molecular complexity index is 1110. The first-order chi connectivity index (χ1) is 16.0. The summed E-state index contributed by atoms with van der Waals surface area (Å²) in [7, 11) is 0. The van der Waals surface area contributed by atoms with E-state index in [0.29, 0.717) is 19.4 Å². The highest BCUT2D eigenvalue weighted by atomic mass is 19.2. The van der Waals surface area contributed by atoms with Crippen LogP contribution in [0.15, 0.2) is 72.8 Å². The Morgan fingerprint density at radius 3 is 2.55 bits per heavy atom. The second-order valence-corrected chi connectivity index (χ2v) is 8.11. The number of hydrogen-bond donors (Lipinski definition) is 1. The van der Waals surface area contributed by atoms with E-state index in [9.17, 15) is 23.1 Å². The Labute approximate surface area is 190 Å². The van der Waals surface area contributed by atoms with Crippen LogP contribution in [0.4, 0.5) is 18.0 Å². The van der Waals surface area contributed by atoms with Crippen molar-refractivity contribution in [2.45, 2.75) is 37.5 Å². The molecule has 0 aliphatic carbocycles. The number of halogens is 3. The van der Waals surface area contributed by atoms with Gasteiger partial charge in [-0.05, 0) is 42.2 Å². The number of carbonyl (C=O) groups excluding carboxylic acids is 1. The molecule has 3 aromatic carbocycles. The van der Waals surface area contributed by atoms with Crippen LogP contribution < -0.4 is 0 Å². The number of ether oxygens (including phenoxy) is 1. The van der Waals surface area contributed by atoms with Crippen LogP contribution >= 0.6 is 0 Å². The lowest BCUT2D eigenvalue weighted by molar-refractivity contribution is 0.0409. The summed E-state index contributed by atoms with van der Waals surface area (Å²) in [5.74, 6) is -3.82. The Balaban J connectivity index is 1.61. The quantitative estimate of drug-likeness (QED) is 0.542. The molecule has 7 heteroatoms. The van der Waals surface area contributed by atoms with Crippen molar-refractivity contribution in [1.82, 2.24) is 4.90 Å². The average Bonchev–Trinajstić information content (AvgIpc) is 3.31. The number of nitrogens with zero attached hydrogens (tertiary/aromatic N) is 1. The van der Waals surface area contributed by atoms with Gasteiger partial charge in [-0.3, -0.25) is 0 Å². The molecule has 4 nitrogen and oxygen atoms in total. The zero-order chi connectivity index (χ0) is 23.4. The third-order valence-electron chi connectivity index (χ3n) is 6.00. The van der Waals surface area contributed by atoms with Gasteiger partial charge in [0.05, 0.1) is 12.1 Å². The number of benzene rings is 3. The third kappa shape index (κ3) is 5.03. The fraction of sp³-hybridized carbons (Fsp3) is 0.269. The van der Waals surface area contributed by atoms with E-state index in [-0.39, 0.29) is 17.7 Å². The van der Waals surface area contributed by atoms with E-state index in [2.05, 4.69) is 0 Å². The van der Waals surface area contributed by atoms with Gasteiger partial charge < -0.3 is 14.7 Å². The molecule has 1 aliphatic heterocycles. The van der Waals surface area contributed by atoms with E-state index in [1.807, 2.05) is 30.3 Å². The van der Waals surface area contributed by atoms with Crippen molar-refractivity contribution in [2.75, 3.05) is 6.54 Å². The van der Waals surface area contributed by atoms with Gasteiger partial charge in [0.15, 0.2) is 11.6 Å². The Morgan fingerprint density at radius 1 is 1.03 bits per heavy atom. The lowest BCUT2D eigenvalue weighted by atomic mass is 9.82. The van der Waals surface area contributed by atoms with E-state index in [1.165, 1.54) is 35.2 Å². The highest BCUT2D eigenvalue weighted by Crippen LogP contribution is 2.36. The SMILES string of the molecule is O=C(OCc1ccccc1)N1CCC[C@@H]1[C@@H](O)[C@@H](c1cccc(F)c1)c1cccc(F)c1F. The molecule has 1 fully saturated rings. The molecule has 3 atom stereocenters. The Kier molecular flexibility index (Phi) is 6.99. The molecule has 0 bridgehead atoms. The van der Waals surface area contributed by atoms with Crippen LogP contribution in [0.25, 0.3) is 0 Å². The smallest absolute Gasteiger partial charge is 0.410 e. The molecule has 0 spiro atoms. The van der Waals surface area contributed by atoms with Crippen molar-refractivity contribution in [3.63, 3.8) is 0 Å². The molecule has 4 rings (SSSR count). The standard InChI is InChI=1S/C26H24F3NO3/c27-19-10-4-9-18(15-19)23(20-11-5-12-21(28)24(20)29)25(31)22-13-6-14-30(22)26(32)33-16-17-7-2-1-3-8-17/h1-5,7-12,15,22-23,25,31H,6,13-14,16H2/t22-,23+,25-/m1/s1. The number of hydrogen-bond acceptors (Lipinski definition) is 3. The molecular formula is C26H24F3NO3. The summed E-state index contributed by atoms with van der Waals surface area (Å²) >= 11 is 0. The summed E-state index contributed by atoms with van der Waals surface area (Å²) < 4.78 is 48.2. The molecule has 1 aliphatic rings. The largest absolute Gasteiger partial charge is 0.445 e. The summed E-state index contributed by atoms with van der Waals surface area (Å²) in [5, 5.41) is 11.4. The van der Waals surface area contributed by atoms with Gasteiger partial charge in [0.2, 0.25) is 0 Å². The van der Waals surface area contributed by atoms with Crippen LogP contribution in [-0.2, 0) is 11.3 Å². The van der Waals surface area contributed by atoms with E-state index >= 15 is 0 Å². The van der Waals surface area contributed by atoms with Crippen molar-refractivity contribution in [3.8, 4) is 0 Å². The van der Waals surface area contributed by atoms with E-state index in [4.69, 9.17) is 4.74 Å². The predicted octanol–water partition coefficient (Wildman–Crippen LogP) is 5.40. The van der Waals surface area contributed by atoms with Gasteiger partial charge in [-0.1, -0.05) is 54.6 Å². The van der Waals surface area contributed by atoms with E-state index in [1.54, 1.807) is 6.07 Å². The normalized spacial score (nSPS) is 17.6. The average molecular weight is 455 g/mol. The van der Waals surface area contributed by atoms with Crippen molar-refractivity contribution in [3.05, 3.63) is 107 Å². The minimum atomic E-state index is -1.31. The number of aliphatic hydroxyl groups excluding tert-OH is 1. The van der Waals surface area contributed by atoms with Gasteiger partial charge in [0.25, 0.3) is 0 Å². The lowest BCUT2D eigenvalue weighted by Gasteiger charge is -2.33. The van der Waals surface area contributed by atoms with Crippen LogP contribution in [-0.4, -0.2) is 34.8 Å². The minimum Gasteiger partial charge on any atom is -0.445 e. The van der Waals surface area contributed by atoms with Gasteiger partial charge in [-0.2, -0.15) is 0 Å². The van der Waals surface area contributed by atoms with Gasteiger partial charge in [0, 0.05) is 18.0 Å². The van der Waals surface area contributed by atoms with Crippen LogP contribution in [0, 0.1) is 17.5 Å². The fourth-order valence-corrected chi connectivity index (χ4v) is 4.42. The minimum absolute atomic E-state index is 0.0742. The highest BCUT2D eigenvalue weighted by molar-refractivity contribution is 5.68. The van der Waals surface area contributed by atoms with E-state index in [0.717, 1.165) is 11.6 Å². The molecule has 0 unspecified atom stereocenters. The van der Waals surface area contributed by atoms with Crippen molar-refractivity contribution in [2.24, 2.45) is 0 Å². The number of likely N-dealkylation sites (tertiary alicyclic amines) is 1. The predicted molar refractivity (Wildman–Crippen MR) is 117 cm³/mol. The number of rotatable bonds is 6. The van der Waals surface area contributed by atoms with Crippen LogP contribution in [0.5, 0.6) is 0 Å². The molecule has 3 aromatic rings. The van der Waals surface area contributed by atoms with Crippen LogP contribution in [0.2, 0.25) is 0 Å². The molecule has 33 heavy (non-hydrogen) atoms. The molecule has 1 N–H and O–H groups in total.